The Kier molecular flexibility index (Phi) is 6.56. The van der Waals surface area contributed by atoms with E-state index < -0.39 is 5.97 Å². The van der Waals surface area contributed by atoms with E-state index in [9.17, 15) is 9.90 Å². The van der Waals surface area contributed by atoms with Gasteiger partial charge in [-0.2, -0.15) is 0 Å². The molecule has 2 heterocycles. The summed E-state index contributed by atoms with van der Waals surface area (Å²) in [5.41, 5.74) is 2.36. The number of carboxylic acid groups (broad SMARTS) is 1. The van der Waals surface area contributed by atoms with E-state index in [1.54, 1.807) is 17.4 Å². The first kappa shape index (κ1) is 23.3. The van der Waals surface area contributed by atoms with Crippen molar-refractivity contribution in [3.8, 4) is 28.4 Å². The maximum atomic E-state index is 12.0. The lowest BCUT2D eigenvalue weighted by Gasteiger charge is -2.15. The van der Waals surface area contributed by atoms with Gasteiger partial charge in [0, 0.05) is 22.6 Å². The minimum atomic E-state index is -1.10. The van der Waals surface area contributed by atoms with E-state index in [0.29, 0.717) is 35.4 Å². The SMILES string of the molecule is CCOc1ccc(-c2c(C)sc3nc(C)nc(Nc4cc(OC)c(OC)cc4C(=O)O)c23)cc1. The molecular formula is C25H25N3O5S. The van der Waals surface area contributed by atoms with Crippen LogP contribution in [0.5, 0.6) is 17.2 Å². The van der Waals surface area contributed by atoms with Crippen LogP contribution >= 0.6 is 11.3 Å². The number of rotatable bonds is 8. The zero-order valence-electron chi connectivity index (χ0n) is 19.6. The van der Waals surface area contributed by atoms with Crippen LogP contribution in [0.25, 0.3) is 21.3 Å². The van der Waals surface area contributed by atoms with Crippen molar-refractivity contribution in [3.63, 3.8) is 0 Å². The Morgan fingerprint density at radius 2 is 1.74 bits per heavy atom. The molecule has 34 heavy (non-hydrogen) atoms. The highest BCUT2D eigenvalue weighted by Gasteiger charge is 2.21. The molecule has 8 nitrogen and oxygen atoms in total. The van der Waals surface area contributed by atoms with Crippen molar-refractivity contribution in [3.05, 3.63) is 52.7 Å². The minimum absolute atomic E-state index is 0.0386. The lowest BCUT2D eigenvalue weighted by Crippen LogP contribution is -2.06. The second kappa shape index (κ2) is 9.56. The number of ether oxygens (including phenoxy) is 3. The van der Waals surface area contributed by atoms with E-state index in [2.05, 4.69) is 15.3 Å². The van der Waals surface area contributed by atoms with Gasteiger partial charge in [0.2, 0.25) is 0 Å². The number of hydrogen-bond donors (Lipinski definition) is 2. The number of hydrogen-bond acceptors (Lipinski definition) is 8. The molecule has 9 heteroatoms. The van der Waals surface area contributed by atoms with E-state index in [1.807, 2.05) is 45.0 Å². The zero-order valence-corrected chi connectivity index (χ0v) is 20.4. The minimum Gasteiger partial charge on any atom is -0.494 e. The van der Waals surface area contributed by atoms with Gasteiger partial charge in [0.05, 0.1) is 37.5 Å². The fraction of sp³-hybridized carbons (Fsp3) is 0.240. The van der Waals surface area contributed by atoms with E-state index in [1.165, 1.54) is 20.3 Å². The maximum Gasteiger partial charge on any atom is 0.337 e. The molecule has 2 N–H and O–H groups in total. The number of nitrogens with one attached hydrogen (secondary N) is 1. The maximum absolute atomic E-state index is 12.0. The van der Waals surface area contributed by atoms with Gasteiger partial charge in [-0.1, -0.05) is 12.1 Å². The van der Waals surface area contributed by atoms with Gasteiger partial charge in [-0.3, -0.25) is 0 Å². The highest BCUT2D eigenvalue weighted by atomic mass is 32.1. The van der Waals surface area contributed by atoms with Gasteiger partial charge in [0.15, 0.2) is 11.5 Å². The molecule has 0 saturated carbocycles. The number of fused-ring (bicyclic) bond motifs is 1. The molecule has 176 valence electrons. The number of nitrogens with zero attached hydrogens (tertiary/aromatic N) is 2. The van der Waals surface area contributed by atoms with Gasteiger partial charge < -0.3 is 24.6 Å². The number of thiophene rings is 1. The summed E-state index contributed by atoms with van der Waals surface area (Å²) < 4.78 is 16.2. The normalized spacial score (nSPS) is 10.9. The number of benzene rings is 2. The third kappa shape index (κ3) is 4.34. The fourth-order valence-corrected chi connectivity index (χ4v) is 4.92. The highest BCUT2D eigenvalue weighted by molar-refractivity contribution is 7.19. The predicted molar refractivity (Wildman–Crippen MR) is 133 cm³/mol. The molecule has 0 saturated heterocycles. The molecular weight excluding hydrogens is 454 g/mol. The third-order valence-electron chi connectivity index (χ3n) is 5.30. The molecule has 0 unspecified atom stereocenters. The van der Waals surface area contributed by atoms with E-state index in [0.717, 1.165) is 32.0 Å². The lowest BCUT2D eigenvalue weighted by molar-refractivity contribution is 0.0697. The van der Waals surface area contributed by atoms with Crippen LogP contribution in [-0.2, 0) is 0 Å². The van der Waals surface area contributed by atoms with Crippen molar-refractivity contribution in [1.29, 1.82) is 0 Å². The van der Waals surface area contributed by atoms with Crippen LogP contribution in [0, 0.1) is 13.8 Å². The third-order valence-corrected chi connectivity index (χ3v) is 6.30. The van der Waals surface area contributed by atoms with Gasteiger partial charge in [0.1, 0.15) is 22.2 Å². The highest BCUT2D eigenvalue weighted by Crippen LogP contribution is 2.43. The number of methoxy groups -OCH3 is 2. The largest absolute Gasteiger partial charge is 0.494 e. The van der Waals surface area contributed by atoms with E-state index >= 15 is 0 Å². The molecule has 4 aromatic rings. The van der Waals surface area contributed by atoms with Crippen LogP contribution in [0.3, 0.4) is 0 Å². The molecule has 0 aliphatic carbocycles. The molecule has 0 aliphatic rings. The van der Waals surface area contributed by atoms with Crippen LogP contribution in [0.4, 0.5) is 11.5 Å². The van der Waals surface area contributed by atoms with E-state index in [-0.39, 0.29) is 5.56 Å². The molecule has 0 spiro atoms. The van der Waals surface area contributed by atoms with Gasteiger partial charge in [-0.25, -0.2) is 14.8 Å². The molecule has 0 aliphatic heterocycles. The smallest absolute Gasteiger partial charge is 0.337 e. The van der Waals surface area contributed by atoms with Crippen LogP contribution < -0.4 is 19.5 Å². The molecule has 0 fully saturated rings. The fourth-order valence-electron chi connectivity index (χ4n) is 3.83. The number of aromatic nitrogens is 2. The summed E-state index contributed by atoms with van der Waals surface area (Å²) >= 11 is 1.57. The second-order valence-corrected chi connectivity index (χ2v) is 8.68. The van der Waals surface area contributed by atoms with Crippen LogP contribution in [0.1, 0.15) is 28.0 Å². The van der Waals surface area contributed by atoms with Gasteiger partial charge in [0.25, 0.3) is 0 Å². The Morgan fingerprint density at radius 3 is 2.35 bits per heavy atom. The van der Waals surface area contributed by atoms with Crippen LogP contribution in [-0.4, -0.2) is 41.9 Å². The Balaban J connectivity index is 1.90. The standard InChI is InChI=1S/C25H25N3O5S/c1-6-33-16-9-7-15(8-10-16)21-13(2)34-24-22(21)23(26-14(3)27-24)28-18-12-20(32-5)19(31-4)11-17(18)25(29)30/h7-12H,6H2,1-5H3,(H,29,30)(H,26,27,28). The van der Waals surface area contributed by atoms with Crippen LogP contribution in [0.2, 0.25) is 0 Å². The molecule has 0 atom stereocenters. The van der Waals surface area contributed by atoms with E-state index in [4.69, 9.17) is 14.2 Å². The first-order chi connectivity index (χ1) is 16.4. The summed E-state index contributed by atoms with van der Waals surface area (Å²) in [7, 11) is 2.96. The number of aryl methyl sites for hydroxylation is 2. The summed E-state index contributed by atoms with van der Waals surface area (Å²) in [6.07, 6.45) is 0. The Bertz CT molecular complexity index is 1370. The molecule has 2 aromatic heterocycles. The average Bonchev–Trinajstić information content (AvgIpc) is 3.14. The summed E-state index contributed by atoms with van der Waals surface area (Å²) in [6.45, 7) is 6.39. The molecule has 0 bridgehead atoms. The van der Waals surface area contributed by atoms with Crippen molar-refractivity contribution < 1.29 is 24.1 Å². The van der Waals surface area contributed by atoms with Crippen LogP contribution in [0.15, 0.2) is 36.4 Å². The first-order valence-corrected chi connectivity index (χ1v) is 11.4. The van der Waals surface area contributed by atoms with Crippen molar-refractivity contribution in [2.24, 2.45) is 0 Å². The summed E-state index contributed by atoms with van der Waals surface area (Å²) in [6, 6.07) is 10.9. The molecule has 0 radical (unpaired) electrons. The van der Waals surface area contributed by atoms with Gasteiger partial charge >= 0.3 is 5.97 Å². The summed E-state index contributed by atoms with van der Waals surface area (Å²) in [5.74, 6) is 1.53. The summed E-state index contributed by atoms with van der Waals surface area (Å²) in [4.78, 5) is 23.2. The summed E-state index contributed by atoms with van der Waals surface area (Å²) in [5, 5.41) is 13.9. The number of carboxylic acids is 1. The van der Waals surface area contributed by atoms with Crippen molar-refractivity contribution in [1.82, 2.24) is 9.97 Å². The van der Waals surface area contributed by atoms with Gasteiger partial charge in [-0.15, -0.1) is 11.3 Å². The van der Waals surface area contributed by atoms with Gasteiger partial charge in [-0.05, 0) is 38.5 Å². The Hall–Kier alpha value is -3.85. The monoisotopic (exact) mass is 479 g/mol. The first-order valence-electron chi connectivity index (χ1n) is 10.6. The lowest BCUT2D eigenvalue weighted by atomic mass is 10.0. The second-order valence-electron chi connectivity index (χ2n) is 7.47. The number of anilines is 2. The molecule has 2 aromatic carbocycles. The molecule has 0 amide bonds. The van der Waals surface area contributed by atoms with Crippen molar-refractivity contribution in [2.75, 3.05) is 26.1 Å². The van der Waals surface area contributed by atoms with Crippen molar-refractivity contribution in [2.45, 2.75) is 20.8 Å². The number of aromatic carboxylic acids is 1. The van der Waals surface area contributed by atoms with Crippen molar-refractivity contribution >= 4 is 39.0 Å². The average molecular weight is 480 g/mol. The number of carbonyl (C=O) groups is 1. The zero-order chi connectivity index (χ0) is 24.4. The Labute approximate surface area is 201 Å². The quantitative estimate of drug-likeness (QED) is 0.325. The predicted octanol–water partition coefficient (Wildman–Crippen LogP) is 5.83. The topological polar surface area (TPSA) is 103 Å². The Morgan fingerprint density at radius 1 is 1.06 bits per heavy atom. The molecule has 4 rings (SSSR count).